The van der Waals surface area contributed by atoms with Gasteiger partial charge in [-0.05, 0) is 49.4 Å². The van der Waals surface area contributed by atoms with Gasteiger partial charge in [-0.1, -0.05) is 48.5 Å². The first-order valence-electron chi connectivity index (χ1n) is 13.9. The van der Waals surface area contributed by atoms with Gasteiger partial charge in [-0.2, -0.15) is 5.10 Å². The van der Waals surface area contributed by atoms with Gasteiger partial charge in [0.15, 0.2) is 17.5 Å². The molecule has 9 nitrogen and oxygen atoms in total. The van der Waals surface area contributed by atoms with E-state index < -0.39 is 0 Å². The van der Waals surface area contributed by atoms with Crippen LogP contribution < -0.4 is 24.4 Å². The Morgan fingerprint density at radius 1 is 0.744 bits per heavy atom. The molecule has 7 rings (SSSR count). The van der Waals surface area contributed by atoms with Crippen LogP contribution in [0.4, 0.5) is 22.9 Å². The van der Waals surface area contributed by atoms with Crippen LogP contribution in [0, 0.1) is 6.92 Å². The van der Waals surface area contributed by atoms with Crippen LogP contribution in [-0.4, -0.2) is 42.8 Å². The Balaban J connectivity index is 1.50. The normalized spacial score (nSPS) is 15.0. The van der Waals surface area contributed by atoms with Crippen LogP contribution in [0.5, 0.6) is 17.2 Å². The largest absolute Gasteiger partial charge is 0.497 e. The smallest absolute Gasteiger partial charge is 0.179 e. The van der Waals surface area contributed by atoms with Crippen molar-refractivity contribution in [3.05, 3.63) is 114 Å². The van der Waals surface area contributed by atoms with Crippen molar-refractivity contribution in [2.45, 2.75) is 13.0 Å². The van der Waals surface area contributed by atoms with Crippen molar-refractivity contribution in [2.24, 2.45) is 9.98 Å². The van der Waals surface area contributed by atoms with Crippen LogP contribution in [0.2, 0.25) is 0 Å². The molecule has 1 aromatic heterocycles. The second kappa shape index (κ2) is 10.7. The summed E-state index contributed by atoms with van der Waals surface area (Å²) >= 11 is 0. The van der Waals surface area contributed by atoms with Gasteiger partial charge in [0.1, 0.15) is 17.2 Å². The Hall–Kier alpha value is -5.57. The minimum atomic E-state index is -0.303. The molecule has 5 aromatic rings. The number of fused-ring (bicyclic) bond motifs is 4. The summed E-state index contributed by atoms with van der Waals surface area (Å²) in [5.41, 5.74) is 6.26. The highest BCUT2D eigenvalue weighted by Crippen LogP contribution is 2.50. The summed E-state index contributed by atoms with van der Waals surface area (Å²) in [7, 11) is 4.96. The van der Waals surface area contributed by atoms with E-state index in [1.165, 1.54) is 0 Å². The quantitative estimate of drug-likeness (QED) is 0.237. The van der Waals surface area contributed by atoms with Crippen LogP contribution in [0.1, 0.15) is 22.9 Å². The number of hydrogen-bond acceptors (Lipinski definition) is 8. The zero-order valence-corrected chi connectivity index (χ0v) is 24.3. The molecule has 0 aliphatic carbocycles. The standard InChI is InChI=1S/C34H30N6O3/c1-21-30-31(24-14-8-11-17-28(24)42-3)39-27-16-10-9-15-25(27)35-32(36-26-19-18-23(41-2)20-29(26)43-4)34(39)37-33(30)40(38-21)22-12-6-5-7-13-22/h5-20,31H,1-4H3,(H,35,36). The van der Waals surface area contributed by atoms with Gasteiger partial charge in [-0.3, -0.25) is 0 Å². The highest BCUT2D eigenvalue weighted by atomic mass is 16.5. The Morgan fingerprint density at radius 2 is 1.49 bits per heavy atom. The van der Waals surface area contributed by atoms with Crippen molar-refractivity contribution in [2.75, 3.05) is 31.5 Å². The molecule has 9 heteroatoms. The molecule has 0 spiro atoms. The van der Waals surface area contributed by atoms with E-state index in [-0.39, 0.29) is 6.04 Å². The maximum Gasteiger partial charge on any atom is 0.179 e. The summed E-state index contributed by atoms with van der Waals surface area (Å²) in [6, 6.07) is 31.6. The molecule has 2 aliphatic heterocycles. The fourth-order valence-electron chi connectivity index (χ4n) is 5.76. The predicted octanol–water partition coefficient (Wildman–Crippen LogP) is 7.00. The van der Waals surface area contributed by atoms with E-state index in [2.05, 4.69) is 22.3 Å². The molecule has 0 amide bonds. The number of rotatable bonds is 6. The summed E-state index contributed by atoms with van der Waals surface area (Å²) in [6.07, 6.45) is 0. The molecule has 0 fully saturated rings. The lowest BCUT2D eigenvalue weighted by Crippen LogP contribution is -2.46. The van der Waals surface area contributed by atoms with E-state index >= 15 is 0 Å². The average molecular weight is 571 g/mol. The fraction of sp³-hybridized carbons (Fsp3) is 0.147. The van der Waals surface area contributed by atoms with Crippen LogP contribution in [0.25, 0.3) is 5.69 Å². The number of hydrogen-bond donors (Lipinski definition) is 1. The van der Waals surface area contributed by atoms with E-state index in [0.29, 0.717) is 23.2 Å². The zero-order chi connectivity index (χ0) is 29.5. The number of aryl methyl sites for hydroxylation is 1. The lowest BCUT2D eigenvalue weighted by atomic mass is 9.92. The summed E-state index contributed by atoms with van der Waals surface area (Å²) < 4.78 is 19.0. The lowest BCUT2D eigenvalue weighted by molar-refractivity contribution is 0.395. The topological polar surface area (TPSA) is 85.5 Å². The first-order chi connectivity index (χ1) is 21.1. The predicted molar refractivity (Wildman–Crippen MR) is 169 cm³/mol. The molecule has 214 valence electrons. The summed E-state index contributed by atoms with van der Waals surface area (Å²) in [5.74, 6) is 4.05. The molecule has 2 aliphatic rings. The maximum atomic E-state index is 5.92. The van der Waals surface area contributed by atoms with E-state index in [1.807, 2.05) is 96.5 Å². The first-order valence-corrected chi connectivity index (χ1v) is 13.9. The number of ether oxygens (including phenoxy) is 3. The second-order valence-corrected chi connectivity index (χ2v) is 10.2. The van der Waals surface area contributed by atoms with Gasteiger partial charge in [-0.15, -0.1) is 0 Å². The van der Waals surface area contributed by atoms with E-state index in [4.69, 9.17) is 29.3 Å². The number of methoxy groups -OCH3 is 3. The van der Waals surface area contributed by atoms with Gasteiger partial charge in [-0.25, -0.2) is 14.7 Å². The minimum Gasteiger partial charge on any atom is -0.497 e. The van der Waals surface area contributed by atoms with Crippen molar-refractivity contribution in [3.63, 3.8) is 0 Å². The third kappa shape index (κ3) is 4.37. The number of anilines is 2. The van der Waals surface area contributed by atoms with Gasteiger partial charge < -0.3 is 24.4 Å². The van der Waals surface area contributed by atoms with Crippen LogP contribution >= 0.6 is 0 Å². The van der Waals surface area contributed by atoms with Gasteiger partial charge in [0.05, 0.1) is 55.8 Å². The number of nitrogens with one attached hydrogen (secondary N) is 1. The Labute approximate surface area is 249 Å². The molecule has 0 saturated heterocycles. The Kier molecular flexibility index (Phi) is 6.54. The van der Waals surface area contributed by atoms with Crippen LogP contribution in [-0.2, 0) is 0 Å². The third-order valence-electron chi connectivity index (χ3n) is 7.73. The van der Waals surface area contributed by atoms with E-state index in [0.717, 1.165) is 51.1 Å². The van der Waals surface area contributed by atoms with Gasteiger partial charge in [0.25, 0.3) is 0 Å². The number of benzene rings is 4. The van der Waals surface area contributed by atoms with Gasteiger partial charge in [0, 0.05) is 17.2 Å². The molecular formula is C34H30N6O3. The van der Waals surface area contributed by atoms with Crippen molar-refractivity contribution >= 4 is 34.6 Å². The van der Waals surface area contributed by atoms with Crippen molar-refractivity contribution in [3.8, 4) is 22.9 Å². The molecule has 3 heterocycles. The fourth-order valence-corrected chi connectivity index (χ4v) is 5.76. The van der Waals surface area contributed by atoms with Crippen molar-refractivity contribution in [1.29, 1.82) is 0 Å². The lowest BCUT2D eigenvalue weighted by Gasteiger charge is -2.41. The monoisotopic (exact) mass is 570 g/mol. The molecule has 1 N–H and O–H groups in total. The number of aromatic nitrogens is 2. The molecule has 43 heavy (non-hydrogen) atoms. The molecular weight excluding hydrogens is 540 g/mol. The van der Waals surface area contributed by atoms with E-state index in [1.54, 1.807) is 21.3 Å². The summed E-state index contributed by atoms with van der Waals surface area (Å²) in [5, 5.41) is 8.54. The van der Waals surface area contributed by atoms with Gasteiger partial charge in [0.2, 0.25) is 0 Å². The average Bonchev–Trinajstić information content (AvgIpc) is 3.40. The number of para-hydroxylation sites is 4. The van der Waals surface area contributed by atoms with Crippen LogP contribution in [0.3, 0.4) is 0 Å². The molecule has 0 radical (unpaired) electrons. The number of aliphatic imine (C=N–C) groups is 2. The van der Waals surface area contributed by atoms with Gasteiger partial charge >= 0.3 is 0 Å². The highest BCUT2D eigenvalue weighted by molar-refractivity contribution is 6.51. The molecule has 0 bridgehead atoms. The summed E-state index contributed by atoms with van der Waals surface area (Å²) in [6.45, 7) is 2.03. The molecule has 1 unspecified atom stereocenters. The van der Waals surface area contributed by atoms with Crippen molar-refractivity contribution in [1.82, 2.24) is 9.78 Å². The number of amidine groups is 2. The zero-order valence-electron chi connectivity index (χ0n) is 24.3. The Morgan fingerprint density at radius 3 is 2.28 bits per heavy atom. The summed E-state index contributed by atoms with van der Waals surface area (Å²) in [4.78, 5) is 12.6. The molecule has 1 atom stereocenters. The molecule has 0 saturated carbocycles. The second-order valence-electron chi connectivity index (χ2n) is 10.2. The molecule has 4 aromatic carbocycles. The first kappa shape index (κ1) is 26.3. The Bertz CT molecular complexity index is 1900. The third-order valence-corrected chi connectivity index (χ3v) is 7.73. The van der Waals surface area contributed by atoms with E-state index in [9.17, 15) is 0 Å². The highest BCUT2D eigenvalue weighted by Gasteiger charge is 2.42. The SMILES string of the molecule is COc1ccc(NC2=Nc3ccccc3N3C2=Nc2c(c(C)nn2-c2ccccc2)C3c2ccccc2OC)c(OC)c1. The van der Waals surface area contributed by atoms with Crippen molar-refractivity contribution < 1.29 is 14.2 Å². The maximum absolute atomic E-state index is 5.92. The van der Waals surface area contributed by atoms with Crippen LogP contribution in [0.15, 0.2) is 107 Å². The number of nitrogens with zero attached hydrogens (tertiary/aromatic N) is 5. The minimum absolute atomic E-state index is 0.303.